The van der Waals surface area contributed by atoms with Crippen LogP contribution in [0.15, 0.2) is 109 Å². The molecule has 0 aliphatic heterocycles. The van der Waals surface area contributed by atoms with Crippen LogP contribution >= 0.6 is 0 Å². The molecule has 0 spiro atoms. The Hall–Kier alpha value is -4.05. The molecule has 9 nitrogen and oxygen atoms in total. The van der Waals surface area contributed by atoms with Crippen LogP contribution < -0.4 is 0 Å². The smallest absolute Gasteiger partial charge is 0.361 e. The second kappa shape index (κ2) is 79.6. The minimum absolute atomic E-state index is 0.182. The molecule has 2 unspecified atom stereocenters. The van der Waals surface area contributed by atoms with Gasteiger partial charge in [0.05, 0.1) is 34.4 Å². The van der Waals surface area contributed by atoms with Crippen molar-refractivity contribution < 1.29 is 42.9 Å². The number of rotatable bonds is 78. The third kappa shape index (κ3) is 81.1. The minimum atomic E-state index is -1.51. The highest BCUT2D eigenvalue weighted by molar-refractivity contribution is 5.71. The van der Waals surface area contributed by atoms with Crippen LogP contribution in [0, 0.1) is 0 Å². The van der Waals surface area contributed by atoms with Gasteiger partial charge in [-0.2, -0.15) is 0 Å². The van der Waals surface area contributed by atoms with Crippen molar-refractivity contribution in [1.29, 1.82) is 0 Å². The normalized spacial score (nSPS) is 13.2. The lowest BCUT2D eigenvalue weighted by Gasteiger charge is -2.25. The van der Waals surface area contributed by atoms with Crippen LogP contribution in [0.4, 0.5) is 0 Å². The van der Waals surface area contributed by atoms with Gasteiger partial charge < -0.3 is 28.5 Å². The third-order valence-electron chi connectivity index (χ3n) is 18.5. The number of nitrogens with zero attached hydrogens (tertiary/aromatic N) is 1. The number of carboxylic acids is 1. The summed E-state index contributed by atoms with van der Waals surface area (Å²) in [5, 5.41) is 9.78. The van der Waals surface area contributed by atoms with Gasteiger partial charge in [-0.3, -0.25) is 9.59 Å². The number of allylic oxidation sites excluding steroid dienone is 18. The number of carboxylic acid groups (broad SMARTS) is 1. The Morgan fingerprint density at radius 3 is 0.859 bits per heavy atom. The Morgan fingerprint density at radius 1 is 0.313 bits per heavy atom. The Bertz CT molecular complexity index is 2000. The van der Waals surface area contributed by atoms with Crippen molar-refractivity contribution in [3.63, 3.8) is 0 Å². The molecule has 0 aliphatic rings. The molecular weight excluding hydrogens is 1220 g/mol. The van der Waals surface area contributed by atoms with Crippen LogP contribution in [0.2, 0.25) is 0 Å². The average molecular weight is 1380 g/mol. The number of likely N-dealkylation sites (N-methyl/N-ethyl adjacent to an activating group) is 1. The summed E-state index contributed by atoms with van der Waals surface area (Å²) in [6.45, 7) is 4.82. The molecule has 0 heterocycles. The van der Waals surface area contributed by atoms with Crippen molar-refractivity contribution in [1.82, 2.24) is 0 Å². The molecule has 9 heteroatoms. The predicted octanol–water partition coefficient (Wildman–Crippen LogP) is 27.3. The third-order valence-corrected chi connectivity index (χ3v) is 18.5. The first-order chi connectivity index (χ1) is 48.6. The van der Waals surface area contributed by atoms with Gasteiger partial charge in [0.1, 0.15) is 13.2 Å². The zero-order chi connectivity index (χ0) is 71.8. The lowest BCUT2D eigenvalue weighted by molar-refractivity contribution is -0.870. The van der Waals surface area contributed by atoms with Gasteiger partial charge in [0.2, 0.25) is 0 Å². The summed E-state index contributed by atoms with van der Waals surface area (Å²) in [6, 6.07) is 0. The summed E-state index contributed by atoms with van der Waals surface area (Å²) in [4.78, 5) is 37.8. The molecule has 0 aromatic heterocycles. The molecule has 0 fully saturated rings. The van der Waals surface area contributed by atoms with Gasteiger partial charge in [0, 0.05) is 12.8 Å². The van der Waals surface area contributed by atoms with E-state index in [1.165, 1.54) is 257 Å². The van der Waals surface area contributed by atoms with Crippen LogP contribution in [-0.2, 0) is 33.3 Å². The topological polar surface area (TPSA) is 108 Å². The highest BCUT2D eigenvalue weighted by Crippen LogP contribution is 2.20. The Kier molecular flexibility index (Phi) is 76.4. The summed E-state index contributed by atoms with van der Waals surface area (Å²) in [6.07, 6.45) is 110. The maximum atomic E-state index is 13.0. The van der Waals surface area contributed by atoms with Crippen LogP contribution in [0.5, 0.6) is 0 Å². The fourth-order valence-electron chi connectivity index (χ4n) is 12.2. The maximum absolute atomic E-state index is 13.0. The van der Waals surface area contributed by atoms with Crippen molar-refractivity contribution >= 4 is 17.9 Å². The zero-order valence-electron chi connectivity index (χ0n) is 65.6. The maximum Gasteiger partial charge on any atom is 0.361 e. The SMILES string of the molecule is CC/C=C\C/C=C\C/C=C\C/C=C\C/C=C\C/C=C\C/C=C\C/C=C\C/C=C\CCCCCCCCCCCCCCCC(=O)OC(COC(=O)CCCCCCCCCCCCCCCCCCCCCCCCCCCCCCCCCCC)COC(OCC[N+](C)(C)C)C(=O)O. The van der Waals surface area contributed by atoms with Crippen molar-refractivity contribution in [3.05, 3.63) is 109 Å². The second-order valence-electron chi connectivity index (χ2n) is 29.4. The second-order valence-corrected chi connectivity index (χ2v) is 29.4. The van der Waals surface area contributed by atoms with Gasteiger partial charge >= 0.3 is 17.9 Å². The molecule has 0 saturated heterocycles. The Balaban J connectivity index is 4.01. The van der Waals surface area contributed by atoms with Gasteiger partial charge in [0.15, 0.2) is 6.10 Å². The van der Waals surface area contributed by atoms with E-state index in [4.69, 9.17) is 18.9 Å². The van der Waals surface area contributed by atoms with Crippen LogP contribution in [0.1, 0.15) is 386 Å². The Labute approximate surface area is 613 Å². The summed E-state index contributed by atoms with van der Waals surface area (Å²) in [7, 11) is 5.99. The summed E-state index contributed by atoms with van der Waals surface area (Å²) < 4.78 is 23.1. The van der Waals surface area contributed by atoms with Crippen molar-refractivity contribution in [2.75, 3.05) is 47.5 Å². The molecule has 99 heavy (non-hydrogen) atoms. The van der Waals surface area contributed by atoms with Crippen LogP contribution in [0.3, 0.4) is 0 Å². The molecule has 0 amide bonds. The number of unbranched alkanes of at least 4 members (excludes halogenated alkanes) is 45. The molecule has 0 rings (SSSR count). The van der Waals surface area contributed by atoms with Gasteiger partial charge in [0.25, 0.3) is 6.29 Å². The molecule has 0 saturated carbocycles. The Morgan fingerprint density at radius 2 is 0.576 bits per heavy atom. The number of carbonyl (C=O) groups is 3. The van der Waals surface area contributed by atoms with Gasteiger partial charge in [-0.25, -0.2) is 4.79 Å². The molecule has 0 radical (unpaired) electrons. The first kappa shape index (κ1) is 94.9. The van der Waals surface area contributed by atoms with E-state index in [1.54, 1.807) is 0 Å². The zero-order valence-corrected chi connectivity index (χ0v) is 65.6. The fraction of sp³-hybridized carbons (Fsp3) is 0.767. The average Bonchev–Trinajstić information content (AvgIpc) is 2.62. The molecule has 0 aromatic rings. The summed E-state index contributed by atoms with van der Waals surface area (Å²) in [5.74, 6) is -1.99. The largest absolute Gasteiger partial charge is 0.477 e. The van der Waals surface area contributed by atoms with Gasteiger partial charge in [-0.05, 0) is 83.5 Å². The van der Waals surface area contributed by atoms with E-state index in [0.29, 0.717) is 17.4 Å². The fourth-order valence-corrected chi connectivity index (χ4v) is 12.2. The van der Waals surface area contributed by atoms with Gasteiger partial charge in [-0.1, -0.05) is 399 Å². The van der Waals surface area contributed by atoms with E-state index in [0.717, 1.165) is 103 Å². The van der Waals surface area contributed by atoms with Crippen LogP contribution in [0.25, 0.3) is 0 Å². The number of hydrogen-bond donors (Lipinski definition) is 1. The van der Waals surface area contributed by atoms with Crippen molar-refractivity contribution in [3.8, 4) is 0 Å². The van der Waals surface area contributed by atoms with E-state index < -0.39 is 24.3 Å². The van der Waals surface area contributed by atoms with Crippen molar-refractivity contribution in [2.45, 2.75) is 399 Å². The van der Waals surface area contributed by atoms with Crippen molar-refractivity contribution in [2.24, 2.45) is 0 Å². The highest BCUT2D eigenvalue weighted by Gasteiger charge is 2.25. The number of quaternary nitrogens is 1. The quantitative estimate of drug-likeness (QED) is 0.0211. The molecule has 0 aliphatic carbocycles. The molecule has 2 atom stereocenters. The summed E-state index contributed by atoms with van der Waals surface area (Å²) >= 11 is 0. The van der Waals surface area contributed by atoms with E-state index in [1.807, 2.05) is 21.1 Å². The van der Waals surface area contributed by atoms with E-state index >= 15 is 0 Å². The lowest BCUT2D eigenvalue weighted by atomic mass is 10.0. The summed E-state index contributed by atoms with van der Waals surface area (Å²) in [5.41, 5.74) is 0. The standard InChI is InChI=1S/C90H159NO8/c1-6-8-10-12-14-16-18-20-22-24-26-28-30-32-34-36-38-40-41-42-43-44-45-46-47-49-51-53-55-57-59-61-63-65-67-69-71-73-75-77-79-81-88(93)99-86(85-98-90(89(94)95)96-83-82-91(3,4)5)84-97-87(92)80-78-76-74-72-70-68-66-64-62-60-58-56-54-52-50-48-39-37-35-33-31-29-27-25-23-21-19-17-15-13-11-9-7-2/h8,10,14,16,20,22,26,28,32,34,38,40,42-43,45-46,49,51,86,90H,6-7,9,11-13,15,17-19,21,23-25,27,29-31,33,35-37,39,41,44,47-48,50,52-85H2,1-5H3/p+1/b10-8-,16-14-,22-20-,28-26-,34-32-,40-38-,43-42-,46-45-,51-49-. The van der Waals surface area contributed by atoms with E-state index in [9.17, 15) is 19.5 Å². The predicted molar refractivity (Wildman–Crippen MR) is 428 cm³/mol. The molecule has 1 N–H and O–H groups in total. The number of ether oxygens (including phenoxy) is 4. The monoisotopic (exact) mass is 1380 g/mol. The lowest BCUT2D eigenvalue weighted by Crippen LogP contribution is -2.40. The van der Waals surface area contributed by atoms with E-state index in [2.05, 4.69) is 123 Å². The minimum Gasteiger partial charge on any atom is -0.477 e. The first-order valence-corrected chi connectivity index (χ1v) is 42.1. The molecule has 0 bridgehead atoms. The first-order valence-electron chi connectivity index (χ1n) is 42.1. The molecular formula is C90H160NO8+. The van der Waals surface area contributed by atoms with Gasteiger partial charge in [-0.15, -0.1) is 0 Å². The number of aliphatic carboxylic acids is 1. The number of hydrogen-bond acceptors (Lipinski definition) is 7. The molecule has 572 valence electrons. The highest BCUT2D eigenvalue weighted by atomic mass is 16.7. The molecule has 0 aromatic carbocycles. The number of carbonyl (C=O) groups excluding carboxylic acids is 2. The van der Waals surface area contributed by atoms with Crippen LogP contribution in [-0.4, -0.2) is 87.4 Å². The number of esters is 2. The van der Waals surface area contributed by atoms with E-state index in [-0.39, 0.29) is 32.2 Å².